The molecular weight excluding hydrogens is 815 g/mol. The van der Waals surface area contributed by atoms with Gasteiger partial charge < -0.3 is 40.3 Å². The van der Waals surface area contributed by atoms with Crippen LogP contribution < -0.4 is 5.32 Å². The molecule has 1 heterocycles. The summed E-state index contributed by atoms with van der Waals surface area (Å²) in [5.74, 6) is -0.175. The fraction of sp³-hybridized carbons (Fsp3) is 0.911. The number of allylic oxidation sites excluding steroid dienone is 3. The Hall–Kier alpha value is -1.33. The number of unbranched alkanes of at least 4 members (excludes halogenated alkanes) is 36. The average Bonchev–Trinajstić information content (AvgIpc) is 3.31. The molecule has 0 aromatic rings. The highest BCUT2D eigenvalue weighted by Gasteiger charge is 2.44. The number of carbonyl (C=O) groups is 1. The van der Waals surface area contributed by atoms with Crippen LogP contribution >= 0.6 is 0 Å². The first kappa shape index (κ1) is 61.7. The highest BCUT2D eigenvalue weighted by molar-refractivity contribution is 5.76. The van der Waals surface area contributed by atoms with Gasteiger partial charge in [-0.2, -0.15) is 0 Å². The Morgan fingerprint density at radius 2 is 0.862 bits per heavy atom. The molecule has 7 unspecified atom stereocenters. The minimum atomic E-state index is -1.56. The van der Waals surface area contributed by atoms with Gasteiger partial charge in [-0.1, -0.05) is 244 Å². The second kappa shape index (κ2) is 46.4. The van der Waals surface area contributed by atoms with Gasteiger partial charge in [-0.3, -0.25) is 4.79 Å². The Morgan fingerprint density at radius 3 is 1.25 bits per heavy atom. The summed E-state index contributed by atoms with van der Waals surface area (Å²) in [7, 11) is 0. The van der Waals surface area contributed by atoms with Crippen LogP contribution in [0.25, 0.3) is 0 Å². The Kier molecular flexibility index (Phi) is 44.0. The van der Waals surface area contributed by atoms with Gasteiger partial charge in [0.1, 0.15) is 24.4 Å². The van der Waals surface area contributed by atoms with E-state index in [2.05, 4.69) is 31.3 Å². The summed E-state index contributed by atoms with van der Waals surface area (Å²) in [5, 5.41) is 54.4. The van der Waals surface area contributed by atoms with Crippen LogP contribution in [-0.4, -0.2) is 87.5 Å². The van der Waals surface area contributed by atoms with E-state index in [1.807, 2.05) is 6.08 Å². The first-order chi connectivity index (χ1) is 31.8. The fourth-order valence-corrected chi connectivity index (χ4v) is 9.04. The van der Waals surface area contributed by atoms with Gasteiger partial charge in [-0.05, 0) is 44.9 Å². The van der Waals surface area contributed by atoms with Crippen molar-refractivity contribution in [2.45, 2.75) is 314 Å². The van der Waals surface area contributed by atoms with E-state index in [4.69, 9.17) is 9.47 Å². The lowest BCUT2D eigenvalue weighted by atomic mass is 9.99. The SMILES string of the molecule is CCCCCCCCCCCCCC/C=C\CCCCCCCCCCCCC(=O)NC(COC1OC(CO)C(O)C(O)C1O)C(O)/C=C/CCCCCCCCCCCCCCCC. The van der Waals surface area contributed by atoms with E-state index >= 15 is 0 Å². The van der Waals surface area contributed by atoms with E-state index < -0.39 is 49.5 Å². The number of rotatable bonds is 48. The number of carbonyl (C=O) groups excluding carboxylic acids is 1. The van der Waals surface area contributed by atoms with Crippen LogP contribution in [-0.2, 0) is 14.3 Å². The largest absolute Gasteiger partial charge is 0.394 e. The maximum atomic E-state index is 13.0. The first-order valence-corrected chi connectivity index (χ1v) is 28.1. The van der Waals surface area contributed by atoms with Gasteiger partial charge in [-0.15, -0.1) is 0 Å². The van der Waals surface area contributed by atoms with Crippen LogP contribution in [0.4, 0.5) is 0 Å². The molecule has 1 saturated heterocycles. The second-order valence-electron chi connectivity index (χ2n) is 19.7. The summed E-state index contributed by atoms with van der Waals surface area (Å²) in [5.41, 5.74) is 0. The van der Waals surface area contributed by atoms with Gasteiger partial charge in [0.05, 0.1) is 25.4 Å². The molecule has 6 N–H and O–H groups in total. The molecular formula is C56H107NO8. The maximum absolute atomic E-state index is 13.0. The molecule has 0 radical (unpaired) electrons. The van der Waals surface area contributed by atoms with Crippen LogP contribution in [0.3, 0.4) is 0 Å². The predicted octanol–water partition coefficient (Wildman–Crippen LogP) is 13.4. The van der Waals surface area contributed by atoms with Crippen molar-refractivity contribution in [3.63, 3.8) is 0 Å². The fourth-order valence-electron chi connectivity index (χ4n) is 9.04. The standard InChI is InChI=1S/C56H107NO8/c1-3-5-7-9-11-13-15-17-19-21-22-23-24-25-26-27-28-29-30-32-34-36-38-40-42-44-46-52(60)57-49(48-64-56-55(63)54(62)53(61)51(47-58)65-56)50(59)45-43-41-39-37-35-33-31-20-18-16-14-12-10-8-6-4-2/h25-26,43,45,49-51,53-56,58-59,61-63H,3-24,27-42,44,46-48H2,1-2H3,(H,57,60)/b26-25-,45-43+. The zero-order valence-corrected chi connectivity index (χ0v) is 42.5. The predicted molar refractivity (Wildman–Crippen MR) is 272 cm³/mol. The van der Waals surface area contributed by atoms with Crippen molar-refractivity contribution in [2.75, 3.05) is 13.2 Å². The lowest BCUT2D eigenvalue weighted by Crippen LogP contribution is -2.60. The number of amides is 1. The van der Waals surface area contributed by atoms with Gasteiger partial charge in [0.15, 0.2) is 6.29 Å². The third-order valence-corrected chi connectivity index (χ3v) is 13.5. The topological polar surface area (TPSA) is 149 Å². The van der Waals surface area contributed by atoms with Crippen LogP contribution in [0.5, 0.6) is 0 Å². The molecule has 384 valence electrons. The number of hydrogen-bond donors (Lipinski definition) is 6. The summed E-state index contributed by atoms with van der Waals surface area (Å²) in [6.07, 6.45) is 51.0. The van der Waals surface area contributed by atoms with Crippen molar-refractivity contribution in [3.05, 3.63) is 24.3 Å². The molecule has 7 atom stereocenters. The molecule has 0 aromatic carbocycles. The summed E-state index contributed by atoms with van der Waals surface area (Å²) in [4.78, 5) is 13.0. The van der Waals surface area contributed by atoms with Crippen molar-refractivity contribution in [1.82, 2.24) is 5.32 Å². The highest BCUT2D eigenvalue weighted by atomic mass is 16.7. The monoisotopic (exact) mass is 922 g/mol. The average molecular weight is 922 g/mol. The Bertz CT molecular complexity index is 1070. The van der Waals surface area contributed by atoms with E-state index in [0.717, 1.165) is 38.5 Å². The lowest BCUT2D eigenvalue weighted by molar-refractivity contribution is -0.302. The van der Waals surface area contributed by atoms with Crippen LogP contribution in [0, 0.1) is 0 Å². The summed E-state index contributed by atoms with van der Waals surface area (Å²) < 4.78 is 11.3. The van der Waals surface area contributed by atoms with Crippen LogP contribution in [0.15, 0.2) is 24.3 Å². The second-order valence-corrected chi connectivity index (χ2v) is 19.7. The first-order valence-electron chi connectivity index (χ1n) is 28.1. The highest BCUT2D eigenvalue weighted by Crippen LogP contribution is 2.23. The molecule has 0 saturated carbocycles. The van der Waals surface area contributed by atoms with Crippen molar-refractivity contribution >= 4 is 5.91 Å². The van der Waals surface area contributed by atoms with Crippen molar-refractivity contribution in [3.8, 4) is 0 Å². The van der Waals surface area contributed by atoms with Crippen molar-refractivity contribution < 1.29 is 39.8 Å². The van der Waals surface area contributed by atoms with E-state index in [-0.39, 0.29) is 12.5 Å². The Labute approximate surface area is 400 Å². The molecule has 0 bridgehead atoms. The molecule has 1 aliphatic rings. The van der Waals surface area contributed by atoms with Gasteiger partial charge >= 0.3 is 0 Å². The molecule has 1 amide bonds. The van der Waals surface area contributed by atoms with E-state index in [9.17, 15) is 30.3 Å². The zero-order chi connectivity index (χ0) is 47.3. The Morgan fingerprint density at radius 1 is 0.508 bits per heavy atom. The molecule has 1 rings (SSSR count). The minimum absolute atomic E-state index is 0.175. The summed E-state index contributed by atoms with van der Waals surface area (Å²) in [6, 6.07) is -0.803. The normalized spacial score (nSPS) is 20.0. The van der Waals surface area contributed by atoms with Gasteiger partial charge in [0.2, 0.25) is 5.91 Å². The maximum Gasteiger partial charge on any atom is 0.220 e. The quantitative estimate of drug-likeness (QED) is 0.0261. The third-order valence-electron chi connectivity index (χ3n) is 13.5. The molecule has 0 spiro atoms. The number of aliphatic hydroxyl groups excluding tert-OH is 5. The number of ether oxygens (including phenoxy) is 2. The zero-order valence-electron chi connectivity index (χ0n) is 42.5. The third kappa shape index (κ3) is 36.3. The smallest absolute Gasteiger partial charge is 0.220 e. The molecule has 9 heteroatoms. The number of aliphatic hydroxyl groups is 5. The molecule has 0 aliphatic carbocycles. The van der Waals surface area contributed by atoms with Crippen molar-refractivity contribution in [2.24, 2.45) is 0 Å². The molecule has 65 heavy (non-hydrogen) atoms. The minimum Gasteiger partial charge on any atom is -0.394 e. The lowest BCUT2D eigenvalue weighted by Gasteiger charge is -2.40. The summed E-state index contributed by atoms with van der Waals surface area (Å²) in [6.45, 7) is 3.80. The number of hydrogen-bond acceptors (Lipinski definition) is 8. The van der Waals surface area contributed by atoms with E-state index in [1.165, 1.54) is 212 Å². The van der Waals surface area contributed by atoms with Gasteiger partial charge in [-0.25, -0.2) is 0 Å². The number of nitrogens with one attached hydrogen (secondary N) is 1. The molecule has 0 aromatic heterocycles. The molecule has 1 fully saturated rings. The van der Waals surface area contributed by atoms with E-state index in [1.54, 1.807) is 6.08 Å². The Balaban J connectivity index is 2.21. The molecule has 9 nitrogen and oxygen atoms in total. The van der Waals surface area contributed by atoms with Crippen LogP contribution in [0.2, 0.25) is 0 Å². The summed E-state index contributed by atoms with van der Waals surface area (Å²) >= 11 is 0. The molecule has 1 aliphatic heterocycles. The van der Waals surface area contributed by atoms with Gasteiger partial charge in [0.25, 0.3) is 0 Å². The van der Waals surface area contributed by atoms with Crippen LogP contribution in [0.1, 0.15) is 271 Å². The van der Waals surface area contributed by atoms with E-state index in [0.29, 0.717) is 6.42 Å². The van der Waals surface area contributed by atoms with Gasteiger partial charge in [0, 0.05) is 6.42 Å². The van der Waals surface area contributed by atoms with Crippen molar-refractivity contribution in [1.29, 1.82) is 0 Å².